The summed E-state index contributed by atoms with van der Waals surface area (Å²) < 4.78 is 13.2. The number of anilines is 1. The van der Waals surface area contributed by atoms with E-state index in [0.29, 0.717) is 31.2 Å². The number of nitrogens with zero attached hydrogens (tertiary/aromatic N) is 2. The van der Waals surface area contributed by atoms with E-state index in [1.54, 1.807) is 23.9 Å². The van der Waals surface area contributed by atoms with Crippen molar-refractivity contribution in [3.05, 3.63) is 78.6 Å². The molecule has 0 aliphatic carbocycles. The van der Waals surface area contributed by atoms with E-state index in [1.165, 1.54) is 0 Å². The molecule has 0 spiro atoms. The Morgan fingerprint density at radius 3 is 2.78 bits per heavy atom. The number of nitrogens with one attached hydrogen (secondary N) is 1. The molecule has 1 N–H and O–H groups in total. The fourth-order valence-electron chi connectivity index (χ4n) is 2.47. The molecule has 0 radical (unpaired) electrons. The largest absolute Gasteiger partial charge is 0.492 e. The van der Waals surface area contributed by atoms with Crippen molar-refractivity contribution in [1.82, 2.24) is 9.78 Å². The molecule has 0 aliphatic heterocycles. The van der Waals surface area contributed by atoms with Crippen LogP contribution < -0.4 is 10.1 Å². The van der Waals surface area contributed by atoms with Gasteiger partial charge < -0.3 is 14.8 Å². The maximum absolute atomic E-state index is 12.3. The second kappa shape index (κ2) is 9.54. The normalized spacial score (nSPS) is 11.7. The quantitative estimate of drug-likeness (QED) is 0.630. The molecule has 6 heteroatoms. The molecule has 6 nitrogen and oxygen atoms in total. The fraction of sp³-hybridized carbons (Fsp3) is 0.238. The van der Waals surface area contributed by atoms with Crippen LogP contribution in [0.4, 0.5) is 5.69 Å². The first kappa shape index (κ1) is 18.7. The topological polar surface area (TPSA) is 65.4 Å². The predicted molar refractivity (Wildman–Crippen MR) is 103 cm³/mol. The first-order valence-electron chi connectivity index (χ1n) is 8.87. The molecule has 0 bridgehead atoms. The van der Waals surface area contributed by atoms with Gasteiger partial charge in [-0.3, -0.25) is 9.48 Å². The molecule has 1 aromatic heterocycles. The van der Waals surface area contributed by atoms with E-state index >= 15 is 0 Å². The van der Waals surface area contributed by atoms with Crippen LogP contribution in [-0.2, 0) is 22.7 Å². The Kier molecular flexibility index (Phi) is 6.60. The molecule has 2 aromatic carbocycles. The highest BCUT2D eigenvalue weighted by Gasteiger charge is 2.14. The number of ether oxygens (including phenoxy) is 2. The van der Waals surface area contributed by atoms with E-state index < -0.39 is 6.10 Å². The van der Waals surface area contributed by atoms with Gasteiger partial charge in [0.15, 0.2) is 0 Å². The van der Waals surface area contributed by atoms with E-state index in [1.807, 2.05) is 60.8 Å². The van der Waals surface area contributed by atoms with Gasteiger partial charge in [0.05, 0.1) is 13.2 Å². The minimum absolute atomic E-state index is 0.195. The van der Waals surface area contributed by atoms with E-state index in [4.69, 9.17) is 9.47 Å². The number of hydrogen-bond acceptors (Lipinski definition) is 4. The summed E-state index contributed by atoms with van der Waals surface area (Å²) in [5.41, 5.74) is 1.71. The SMILES string of the molecule is CC(OCc1ccccc1)C(=O)Nc1cccc(OCCn2cccn2)c1. The summed E-state index contributed by atoms with van der Waals surface area (Å²) >= 11 is 0. The third kappa shape index (κ3) is 5.97. The van der Waals surface area contributed by atoms with Crippen molar-refractivity contribution in [2.45, 2.75) is 26.2 Å². The van der Waals surface area contributed by atoms with Crippen LogP contribution in [0.25, 0.3) is 0 Å². The van der Waals surface area contributed by atoms with E-state index in [2.05, 4.69) is 10.4 Å². The third-order valence-electron chi connectivity index (χ3n) is 3.96. The molecular formula is C21H23N3O3. The van der Waals surface area contributed by atoms with Gasteiger partial charge in [-0.05, 0) is 30.7 Å². The minimum atomic E-state index is -0.561. The Balaban J connectivity index is 1.46. The first-order chi connectivity index (χ1) is 13.2. The highest BCUT2D eigenvalue weighted by Crippen LogP contribution is 2.18. The molecule has 1 amide bonds. The van der Waals surface area contributed by atoms with Gasteiger partial charge in [-0.15, -0.1) is 0 Å². The minimum Gasteiger partial charge on any atom is -0.492 e. The molecule has 0 fully saturated rings. The van der Waals surface area contributed by atoms with Crippen LogP contribution in [0, 0.1) is 0 Å². The summed E-state index contributed by atoms with van der Waals surface area (Å²) in [6.45, 7) is 3.29. The number of aromatic nitrogens is 2. The Bertz CT molecular complexity index is 835. The van der Waals surface area contributed by atoms with Gasteiger partial charge in [0.1, 0.15) is 18.5 Å². The number of rotatable bonds is 9. The van der Waals surface area contributed by atoms with Gasteiger partial charge in [-0.1, -0.05) is 36.4 Å². The molecule has 3 rings (SSSR count). The van der Waals surface area contributed by atoms with Gasteiger partial charge in [0, 0.05) is 24.1 Å². The zero-order valence-electron chi connectivity index (χ0n) is 15.2. The molecule has 0 saturated carbocycles. The molecule has 140 valence electrons. The number of benzene rings is 2. The van der Waals surface area contributed by atoms with Crippen LogP contribution in [0.1, 0.15) is 12.5 Å². The predicted octanol–water partition coefficient (Wildman–Crippen LogP) is 3.51. The van der Waals surface area contributed by atoms with Gasteiger partial charge in [-0.25, -0.2) is 0 Å². The van der Waals surface area contributed by atoms with Crippen LogP contribution in [0.2, 0.25) is 0 Å². The number of carbonyl (C=O) groups is 1. The standard InChI is InChI=1S/C21H23N3O3/c1-17(27-16-18-7-3-2-4-8-18)21(25)23-19-9-5-10-20(15-19)26-14-13-24-12-6-11-22-24/h2-12,15,17H,13-14,16H2,1H3,(H,23,25). The van der Waals surface area contributed by atoms with E-state index in [0.717, 1.165) is 5.56 Å². The Morgan fingerprint density at radius 1 is 1.15 bits per heavy atom. The van der Waals surface area contributed by atoms with Crippen LogP contribution >= 0.6 is 0 Å². The lowest BCUT2D eigenvalue weighted by Gasteiger charge is -2.14. The summed E-state index contributed by atoms with van der Waals surface area (Å²) in [6.07, 6.45) is 3.06. The van der Waals surface area contributed by atoms with Gasteiger partial charge >= 0.3 is 0 Å². The monoisotopic (exact) mass is 365 g/mol. The van der Waals surface area contributed by atoms with Crippen LogP contribution in [-0.4, -0.2) is 28.4 Å². The number of amides is 1. The highest BCUT2D eigenvalue weighted by atomic mass is 16.5. The summed E-state index contributed by atoms with van der Waals surface area (Å²) in [4.78, 5) is 12.3. The zero-order valence-corrected chi connectivity index (χ0v) is 15.2. The average Bonchev–Trinajstić information content (AvgIpc) is 3.21. The Labute approximate surface area is 158 Å². The van der Waals surface area contributed by atoms with Crippen molar-refractivity contribution in [3.63, 3.8) is 0 Å². The smallest absolute Gasteiger partial charge is 0.253 e. The van der Waals surface area contributed by atoms with Crippen LogP contribution in [0.5, 0.6) is 5.75 Å². The highest BCUT2D eigenvalue weighted by molar-refractivity contribution is 5.94. The van der Waals surface area contributed by atoms with Gasteiger partial charge in [0.25, 0.3) is 5.91 Å². The summed E-state index contributed by atoms with van der Waals surface area (Å²) in [5, 5.41) is 6.99. The third-order valence-corrected chi connectivity index (χ3v) is 3.96. The molecule has 1 heterocycles. The number of carbonyl (C=O) groups excluding carboxylic acids is 1. The summed E-state index contributed by atoms with van der Waals surface area (Å²) in [6, 6.07) is 19.0. The molecule has 0 aliphatic rings. The number of hydrogen-bond donors (Lipinski definition) is 1. The van der Waals surface area contributed by atoms with E-state index in [-0.39, 0.29) is 5.91 Å². The average molecular weight is 365 g/mol. The van der Waals surface area contributed by atoms with Crippen molar-refractivity contribution in [2.75, 3.05) is 11.9 Å². The molecule has 0 saturated heterocycles. The molecular weight excluding hydrogens is 342 g/mol. The van der Waals surface area contributed by atoms with Crippen LogP contribution in [0.15, 0.2) is 73.1 Å². The lowest BCUT2D eigenvalue weighted by molar-refractivity contribution is -0.127. The van der Waals surface area contributed by atoms with Gasteiger partial charge in [-0.2, -0.15) is 5.10 Å². The van der Waals surface area contributed by atoms with Crippen molar-refractivity contribution in [1.29, 1.82) is 0 Å². The summed E-state index contributed by atoms with van der Waals surface area (Å²) in [5.74, 6) is 0.498. The molecule has 3 aromatic rings. The van der Waals surface area contributed by atoms with Crippen LogP contribution in [0.3, 0.4) is 0 Å². The van der Waals surface area contributed by atoms with E-state index in [9.17, 15) is 4.79 Å². The molecule has 1 atom stereocenters. The summed E-state index contributed by atoms with van der Waals surface area (Å²) in [7, 11) is 0. The molecule has 1 unspecified atom stereocenters. The second-order valence-electron chi connectivity index (χ2n) is 6.07. The molecule has 27 heavy (non-hydrogen) atoms. The van der Waals surface area contributed by atoms with Crippen molar-refractivity contribution in [2.24, 2.45) is 0 Å². The Hall–Kier alpha value is -3.12. The second-order valence-corrected chi connectivity index (χ2v) is 6.07. The van der Waals surface area contributed by atoms with Crippen molar-refractivity contribution in [3.8, 4) is 5.75 Å². The first-order valence-corrected chi connectivity index (χ1v) is 8.87. The lowest BCUT2D eigenvalue weighted by atomic mass is 10.2. The van der Waals surface area contributed by atoms with Gasteiger partial charge in [0.2, 0.25) is 0 Å². The van der Waals surface area contributed by atoms with Crippen molar-refractivity contribution >= 4 is 11.6 Å². The zero-order chi connectivity index (χ0) is 18.9. The Morgan fingerprint density at radius 2 is 2.00 bits per heavy atom. The maximum Gasteiger partial charge on any atom is 0.253 e. The maximum atomic E-state index is 12.3. The fourth-order valence-corrected chi connectivity index (χ4v) is 2.47. The lowest BCUT2D eigenvalue weighted by Crippen LogP contribution is -2.27. The van der Waals surface area contributed by atoms with Crippen molar-refractivity contribution < 1.29 is 14.3 Å².